The van der Waals surface area contributed by atoms with Crippen LogP contribution in [0.3, 0.4) is 0 Å². The number of aliphatic hydroxyl groups is 1. The maximum Gasteiger partial charge on any atom is 0.185 e. The van der Waals surface area contributed by atoms with Crippen LogP contribution in [-0.2, 0) is 0 Å². The fourth-order valence-corrected chi connectivity index (χ4v) is 3.34. The standard InChI is InChI=1S/C18H15Cl2N5O2/c19-12-8-11(9-13(20)10-12)18-23-22-17-4-3-16(24-25(17)18)21-14(5-6-26)15-2-1-7-27-15/h1-4,7-10,14,26H,5-6H2,(H,21,24). The maximum atomic E-state index is 9.34. The van der Waals surface area contributed by atoms with E-state index < -0.39 is 0 Å². The lowest BCUT2D eigenvalue weighted by atomic mass is 10.1. The molecule has 1 unspecified atom stereocenters. The molecule has 27 heavy (non-hydrogen) atoms. The minimum absolute atomic E-state index is 0.0134. The summed E-state index contributed by atoms with van der Waals surface area (Å²) in [5, 5.41) is 26.5. The number of aromatic nitrogens is 4. The average Bonchev–Trinajstić information content (AvgIpc) is 3.30. The second kappa shape index (κ2) is 7.56. The van der Waals surface area contributed by atoms with Crippen molar-refractivity contribution in [3.63, 3.8) is 0 Å². The summed E-state index contributed by atoms with van der Waals surface area (Å²) in [7, 11) is 0. The van der Waals surface area contributed by atoms with Crippen LogP contribution in [0.15, 0.2) is 53.1 Å². The molecule has 0 aliphatic carbocycles. The van der Waals surface area contributed by atoms with Crippen LogP contribution in [0, 0.1) is 0 Å². The highest BCUT2D eigenvalue weighted by atomic mass is 35.5. The second-order valence-corrected chi connectivity index (χ2v) is 6.77. The van der Waals surface area contributed by atoms with E-state index in [1.807, 2.05) is 6.07 Å². The van der Waals surface area contributed by atoms with Crippen LogP contribution in [0.2, 0.25) is 10.0 Å². The van der Waals surface area contributed by atoms with E-state index in [4.69, 9.17) is 27.6 Å². The molecular formula is C18H15Cl2N5O2. The molecule has 0 saturated carbocycles. The Balaban J connectivity index is 1.71. The van der Waals surface area contributed by atoms with Gasteiger partial charge in [-0.25, -0.2) is 0 Å². The molecule has 0 bridgehead atoms. The first-order valence-corrected chi connectivity index (χ1v) is 8.99. The van der Waals surface area contributed by atoms with Gasteiger partial charge in [0.1, 0.15) is 11.6 Å². The Morgan fingerprint density at radius 2 is 1.93 bits per heavy atom. The van der Waals surface area contributed by atoms with Crippen molar-refractivity contribution in [2.75, 3.05) is 11.9 Å². The first-order valence-electron chi connectivity index (χ1n) is 8.24. The normalized spacial score (nSPS) is 12.4. The Morgan fingerprint density at radius 1 is 1.11 bits per heavy atom. The van der Waals surface area contributed by atoms with Gasteiger partial charge in [0.25, 0.3) is 0 Å². The van der Waals surface area contributed by atoms with Gasteiger partial charge >= 0.3 is 0 Å². The van der Waals surface area contributed by atoms with Crippen LogP contribution in [0.25, 0.3) is 17.0 Å². The first-order chi connectivity index (χ1) is 13.1. The van der Waals surface area contributed by atoms with Gasteiger partial charge < -0.3 is 14.8 Å². The summed E-state index contributed by atoms with van der Waals surface area (Å²) in [5.74, 6) is 1.83. The van der Waals surface area contributed by atoms with Gasteiger partial charge in [-0.05, 0) is 48.9 Å². The molecule has 0 amide bonds. The van der Waals surface area contributed by atoms with E-state index in [1.54, 1.807) is 47.2 Å². The fraction of sp³-hybridized carbons (Fsp3) is 0.167. The number of nitrogens with zero attached hydrogens (tertiary/aromatic N) is 4. The lowest BCUT2D eigenvalue weighted by Crippen LogP contribution is -2.13. The monoisotopic (exact) mass is 403 g/mol. The van der Waals surface area contributed by atoms with Crippen LogP contribution in [0.5, 0.6) is 0 Å². The van der Waals surface area contributed by atoms with Crippen molar-refractivity contribution in [3.05, 3.63) is 64.5 Å². The van der Waals surface area contributed by atoms with Crippen molar-refractivity contribution >= 4 is 34.7 Å². The molecule has 0 aliphatic heterocycles. The number of furan rings is 1. The zero-order valence-electron chi connectivity index (χ0n) is 14.0. The van der Waals surface area contributed by atoms with E-state index in [9.17, 15) is 5.11 Å². The molecular weight excluding hydrogens is 389 g/mol. The van der Waals surface area contributed by atoms with Crippen molar-refractivity contribution in [2.45, 2.75) is 12.5 Å². The molecule has 2 N–H and O–H groups in total. The molecule has 1 aromatic carbocycles. The van der Waals surface area contributed by atoms with Gasteiger partial charge in [0.05, 0.1) is 12.3 Å². The number of hydrogen-bond acceptors (Lipinski definition) is 6. The van der Waals surface area contributed by atoms with Crippen molar-refractivity contribution < 1.29 is 9.52 Å². The number of halogens is 2. The van der Waals surface area contributed by atoms with Crippen molar-refractivity contribution in [1.82, 2.24) is 19.8 Å². The third-order valence-electron chi connectivity index (χ3n) is 4.01. The molecule has 4 rings (SSSR count). The molecule has 4 aromatic rings. The first kappa shape index (κ1) is 17.8. The molecule has 0 spiro atoms. The van der Waals surface area contributed by atoms with Gasteiger partial charge in [0.15, 0.2) is 11.5 Å². The Morgan fingerprint density at radius 3 is 2.63 bits per heavy atom. The minimum atomic E-state index is -0.213. The van der Waals surface area contributed by atoms with Crippen molar-refractivity contribution in [1.29, 1.82) is 0 Å². The summed E-state index contributed by atoms with van der Waals surface area (Å²) in [4.78, 5) is 0. The second-order valence-electron chi connectivity index (χ2n) is 5.89. The van der Waals surface area contributed by atoms with Crippen LogP contribution in [0.4, 0.5) is 5.82 Å². The molecule has 0 saturated heterocycles. The predicted molar refractivity (Wildman–Crippen MR) is 103 cm³/mol. The van der Waals surface area contributed by atoms with Crippen molar-refractivity contribution in [3.8, 4) is 11.4 Å². The number of fused-ring (bicyclic) bond motifs is 1. The van der Waals surface area contributed by atoms with E-state index in [0.717, 1.165) is 5.76 Å². The minimum Gasteiger partial charge on any atom is -0.467 e. The quantitative estimate of drug-likeness (QED) is 0.500. The molecule has 3 aromatic heterocycles. The van der Waals surface area contributed by atoms with E-state index >= 15 is 0 Å². The van der Waals surface area contributed by atoms with Gasteiger partial charge in [0.2, 0.25) is 0 Å². The summed E-state index contributed by atoms with van der Waals surface area (Å²) in [5.41, 5.74) is 1.30. The van der Waals surface area contributed by atoms with E-state index in [0.29, 0.717) is 39.3 Å². The number of rotatable bonds is 6. The van der Waals surface area contributed by atoms with Crippen molar-refractivity contribution in [2.24, 2.45) is 0 Å². The number of nitrogens with one attached hydrogen (secondary N) is 1. The van der Waals surface area contributed by atoms with E-state index in [1.165, 1.54) is 0 Å². The van der Waals surface area contributed by atoms with Gasteiger partial charge in [-0.15, -0.1) is 15.3 Å². The Bertz CT molecular complexity index is 1040. The molecule has 0 fully saturated rings. The molecule has 9 heteroatoms. The third kappa shape index (κ3) is 3.75. The molecule has 1 atom stereocenters. The summed E-state index contributed by atoms with van der Waals surface area (Å²) < 4.78 is 7.06. The smallest absolute Gasteiger partial charge is 0.185 e. The van der Waals surface area contributed by atoms with Gasteiger partial charge in [-0.1, -0.05) is 23.2 Å². The Labute approximate surface area is 164 Å². The zero-order valence-corrected chi connectivity index (χ0v) is 15.5. The SMILES string of the molecule is OCCC(Nc1ccc2nnc(-c3cc(Cl)cc(Cl)c3)n2n1)c1ccco1. The van der Waals surface area contributed by atoms with Crippen LogP contribution in [0.1, 0.15) is 18.2 Å². The summed E-state index contributed by atoms with van der Waals surface area (Å²) in [6.45, 7) is 0.0134. The van der Waals surface area contributed by atoms with Crippen LogP contribution in [-0.4, -0.2) is 31.5 Å². The van der Waals surface area contributed by atoms with E-state index in [-0.39, 0.29) is 12.6 Å². The zero-order chi connectivity index (χ0) is 18.8. The maximum absolute atomic E-state index is 9.34. The summed E-state index contributed by atoms with van der Waals surface area (Å²) in [6.07, 6.45) is 2.07. The van der Waals surface area contributed by atoms with Gasteiger partial charge in [-0.3, -0.25) is 0 Å². The largest absolute Gasteiger partial charge is 0.467 e. The lowest BCUT2D eigenvalue weighted by Gasteiger charge is -2.16. The lowest BCUT2D eigenvalue weighted by molar-refractivity contribution is 0.273. The molecule has 0 aliphatic rings. The van der Waals surface area contributed by atoms with Crippen LogP contribution >= 0.6 is 23.2 Å². The van der Waals surface area contributed by atoms with Crippen LogP contribution < -0.4 is 5.32 Å². The fourth-order valence-electron chi connectivity index (χ4n) is 2.81. The summed E-state index contributed by atoms with van der Waals surface area (Å²) in [6, 6.07) is 12.2. The third-order valence-corrected chi connectivity index (χ3v) is 4.45. The molecule has 0 radical (unpaired) electrons. The highest BCUT2D eigenvalue weighted by Crippen LogP contribution is 2.27. The number of anilines is 1. The number of benzene rings is 1. The molecule has 138 valence electrons. The summed E-state index contributed by atoms with van der Waals surface area (Å²) >= 11 is 12.2. The number of aliphatic hydroxyl groups excluding tert-OH is 1. The highest BCUT2D eigenvalue weighted by Gasteiger charge is 2.16. The van der Waals surface area contributed by atoms with E-state index in [2.05, 4.69) is 20.6 Å². The average molecular weight is 404 g/mol. The topological polar surface area (TPSA) is 88.5 Å². The predicted octanol–water partition coefficient (Wildman–Crippen LogP) is 4.23. The highest BCUT2D eigenvalue weighted by molar-refractivity contribution is 6.35. The Kier molecular flexibility index (Phi) is 4.98. The molecule has 7 nitrogen and oxygen atoms in total. The Hall–Kier alpha value is -2.61. The van der Waals surface area contributed by atoms with Gasteiger partial charge in [0, 0.05) is 22.2 Å². The van der Waals surface area contributed by atoms with Gasteiger partial charge in [-0.2, -0.15) is 4.52 Å². The number of hydrogen-bond donors (Lipinski definition) is 2. The molecule has 3 heterocycles.